The summed E-state index contributed by atoms with van der Waals surface area (Å²) in [5.74, 6) is 5.32. The maximum atomic E-state index is 5.65. The van der Waals surface area contributed by atoms with Crippen LogP contribution in [0.1, 0.15) is 18.5 Å². The largest absolute Gasteiger partial charge is 0.495 e. The molecule has 0 aromatic heterocycles. The molecule has 0 amide bonds. The van der Waals surface area contributed by atoms with Crippen molar-refractivity contribution in [2.75, 3.05) is 38.0 Å². The molecule has 1 aliphatic rings. The van der Waals surface area contributed by atoms with Crippen LogP contribution in [0.15, 0.2) is 16.6 Å². The van der Waals surface area contributed by atoms with Gasteiger partial charge in [0.25, 0.3) is 0 Å². The summed E-state index contributed by atoms with van der Waals surface area (Å²) in [5, 5.41) is 4.20. The van der Waals surface area contributed by atoms with Gasteiger partial charge in [0.2, 0.25) is 0 Å². The highest BCUT2D eigenvalue weighted by Gasteiger charge is 2.29. The van der Waals surface area contributed by atoms with Crippen LogP contribution in [-0.2, 0) is 0 Å². The zero-order chi connectivity index (χ0) is 15.2. The molecule has 3 nitrogen and oxygen atoms in total. The number of thioether (sulfide) groups is 2. The normalized spacial score (nSPS) is 20.1. The molecule has 2 rings (SSSR count). The van der Waals surface area contributed by atoms with Gasteiger partial charge in [-0.2, -0.15) is 23.5 Å². The molecule has 1 saturated heterocycles. The van der Waals surface area contributed by atoms with Gasteiger partial charge in [-0.15, -0.1) is 0 Å². The molecule has 1 aromatic rings. The van der Waals surface area contributed by atoms with Crippen molar-refractivity contribution in [3.05, 3.63) is 22.2 Å². The van der Waals surface area contributed by atoms with Crippen molar-refractivity contribution in [1.29, 1.82) is 0 Å². The van der Waals surface area contributed by atoms with Crippen LogP contribution in [0.3, 0.4) is 0 Å². The van der Waals surface area contributed by atoms with Gasteiger partial charge in [-0.25, -0.2) is 0 Å². The van der Waals surface area contributed by atoms with Gasteiger partial charge in [0.15, 0.2) is 0 Å². The molecule has 1 aromatic carbocycles. The minimum Gasteiger partial charge on any atom is -0.495 e. The number of methoxy groups -OCH3 is 2. The van der Waals surface area contributed by atoms with Crippen molar-refractivity contribution in [3.8, 4) is 11.5 Å². The average Bonchev–Trinajstić information content (AvgIpc) is 2.53. The second-order valence-corrected chi connectivity index (χ2v) is 8.01. The van der Waals surface area contributed by atoms with Crippen LogP contribution in [0.25, 0.3) is 0 Å². The van der Waals surface area contributed by atoms with E-state index in [0.29, 0.717) is 11.3 Å². The Hall–Kier alpha value is -0.0400. The Morgan fingerprint density at radius 3 is 2.71 bits per heavy atom. The molecule has 0 aliphatic carbocycles. The topological polar surface area (TPSA) is 30.5 Å². The Morgan fingerprint density at radius 1 is 1.33 bits per heavy atom. The highest BCUT2D eigenvalue weighted by molar-refractivity contribution is 9.10. The lowest BCUT2D eigenvalue weighted by Crippen LogP contribution is -2.34. The van der Waals surface area contributed by atoms with Gasteiger partial charge in [-0.3, -0.25) is 0 Å². The molecule has 0 bridgehead atoms. The maximum absolute atomic E-state index is 5.65. The quantitative estimate of drug-likeness (QED) is 0.792. The van der Waals surface area contributed by atoms with E-state index in [9.17, 15) is 0 Å². The third kappa shape index (κ3) is 4.03. The summed E-state index contributed by atoms with van der Waals surface area (Å²) in [6.45, 7) is 3.10. The lowest BCUT2D eigenvalue weighted by atomic mass is 10.0. The first-order valence-electron chi connectivity index (χ1n) is 7.06. The van der Waals surface area contributed by atoms with Crippen LogP contribution in [0.4, 0.5) is 0 Å². The SMILES string of the molecule is CCNC(c1ccc(OC)c(Br)c1OC)C1CSCCS1. The fourth-order valence-electron chi connectivity index (χ4n) is 2.52. The van der Waals surface area contributed by atoms with Crippen molar-refractivity contribution >= 4 is 39.5 Å². The summed E-state index contributed by atoms with van der Waals surface area (Å²) in [4.78, 5) is 0. The first-order chi connectivity index (χ1) is 10.2. The highest BCUT2D eigenvalue weighted by Crippen LogP contribution is 2.43. The number of nitrogens with one attached hydrogen (secondary N) is 1. The van der Waals surface area contributed by atoms with E-state index in [2.05, 4.69) is 46.0 Å². The lowest BCUT2D eigenvalue weighted by Gasteiger charge is -2.31. The van der Waals surface area contributed by atoms with Crippen LogP contribution in [0.5, 0.6) is 11.5 Å². The Kier molecular flexibility index (Phi) is 7.05. The summed E-state index contributed by atoms with van der Waals surface area (Å²) < 4.78 is 11.9. The van der Waals surface area contributed by atoms with Gasteiger partial charge in [-0.1, -0.05) is 6.92 Å². The van der Waals surface area contributed by atoms with Crippen molar-refractivity contribution < 1.29 is 9.47 Å². The molecule has 6 heteroatoms. The summed E-state index contributed by atoms with van der Waals surface area (Å²) in [7, 11) is 3.39. The van der Waals surface area contributed by atoms with Crippen LogP contribution in [0, 0.1) is 0 Å². The van der Waals surface area contributed by atoms with E-state index in [1.807, 2.05) is 17.8 Å². The lowest BCUT2D eigenvalue weighted by molar-refractivity contribution is 0.379. The van der Waals surface area contributed by atoms with Crippen LogP contribution < -0.4 is 14.8 Å². The number of hydrogen-bond donors (Lipinski definition) is 1. The Bertz CT molecular complexity index is 467. The van der Waals surface area contributed by atoms with E-state index in [1.165, 1.54) is 22.8 Å². The smallest absolute Gasteiger partial charge is 0.141 e. The summed E-state index contributed by atoms with van der Waals surface area (Å²) >= 11 is 7.70. The molecule has 1 aliphatic heterocycles. The fraction of sp³-hybridized carbons (Fsp3) is 0.600. The highest BCUT2D eigenvalue weighted by atomic mass is 79.9. The second-order valence-electron chi connectivity index (χ2n) is 4.72. The van der Waals surface area contributed by atoms with Crippen molar-refractivity contribution in [1.82, 2.24) is 5.32 Å². The predicted molar refractivity (Wildman–Crippen MR) is 97.2 cm³/mol. The molecule has 21 heavy (non-hydrogen) atoms. The summed E-state index contributed by atoms with van der Waals surface area (Å²) in [6, 6.07) is 4.42. The van der Waals surface area contributed by atoms with Crippen LogP contribution in [0.2, 0.25) is 0 Å². The fourth-order valence-corrected chi connectivity index (χ4v) is 6.07. The predicted octanol–water partition coefficient (Wildman–Crippen LogP) is 3.97. The van der Waals surface area contributed by atoms with Gasteiger partial charge >= 0.3 is 0 Å². The van der Waals surface area contributed by atoms with Crippen molar-refractivity contribution in [2.45, 2.75) is 18.2 Å². The molecule has 0 spiro atoms. The van der Waals surface area contributed by atoms with E-state index in [-0.39, 0.29) is 0 Å². The third-order valence-electron chi connectivity index (χ3n) is 3.49. The molecule has 1 heterocycles. The second kappa shape index (κ2) is 8.56. The van der Waals surface area contributed by atoms with E-state index in [4.69, 9.17) is 9.47 Å². The van der Waals surface area contributed by atoms with E-state index < -0.39 is 0 Å². The standard InChI is InChI=1S/C15H22BrNO2S2/c1-4-17-14(12-9-20-7-8-21-12)10-5-6-11(18-2)13(16)15(10)19-3/h5-6,12,14,17H,4,7-9H2,1-3H3. The minimum absolute atomic E-state index is 0.296. The van der Waals surface area contributed by atoms with Gasteiger partial charge in [0.05, 0.1) is 14.2 Å². The molecule has 118 valence electrons. The number of ether oxygens (including phenoxy) is 2. The first-order valence-corrected chi connectivity index (χ1v) is 10.1. The first kappa shape index (κ1) is 17.3. The molecule has 1 N–H and O–H groups in total. The minimum atomic E-state index is 0.296. The zero-order valence-corrected chi connectivity index (χ0v) is 15.9. The summed E-state index contributed by atoms with van der Waals surface area (Å²) in [5.41, 5.74) is 1.20. The monoisotopic (exact) mass is 391 g/mol. The van der Waals surface area contributed by atoms with Crippen LogP contribution >= 0.6 is 39.5 Å². The Labute approximate surface area is 144 Å². The van der Waals surface area contributed by atoms with E-state index >= 15 is 0 Å². The summed E-state index contributed by atoms with van der Waals surface area (Å²) in [6.07, 6.45) is 0. The molecular formula is C15H22BrNO2S2. The van der Waals surface area contributed by atoms with Crippen molar-refractivity contribution in [2.24, 2.45) is 0 Å². The molecule has 1 fully saturated rings. The number of halogens is 1. The third-order valence-corrected chi connectivity index (χ3v) is 7.10. The maximum Gasteiger partial charge on any atom is 0.141 e. The van der Waals surface area contributed by atoms with E-state index in [1.54, 1.807) is 14.2 Å². The number of hydrogen-bond acceptors (Lipinski definition) is 5. The molecular weight excluding hydrogens is 370 g/mol. The van der Waals surface area contributed by atoms with E-state index in [0.717, 1.165) is 22.5 Å². The average molecular weight is 392 g/mol. The van der Waals surface area contributed by atoms with Crippen molar-refractivity contribution in [3.63, 3.8) is 0 Å². The Balaban J connectivity index is 2.36. The molecule has 2 atom stereocenters. The molecule has 2 unspecified atom stereocenters. The van der Waals surface area contributed by atoms with Gasteiger partial charge in [0, 0.05) is 34.1 Å². The van der Waals surface area contributed by atoms with Gasteiger partial charge in [0.1, 0.15) is 16.0 Å². The zero-order valence-electron chi connectivity index (χ0n) is 12.6. The van der Waals surface area contributed by atoms with Crippen LogP contribution in [-0.4, -0.2) is 43.3 Å². The number of benzene rings is 1. The van der Waals surface area contributed by atoms with Gasteiger partial charge < -0.3 is 14.8 Å². The molecule has 0 saturated carbocycles. The molecule has 0 radical (unpaired) electrons. The number of rotatable bonds is 6. The Morgan fingerprint density at radius 2 is 2.14 bits per heavy atom. The van der Waals surface area contributed by atoms with Gasteiger partial charge in [-0.05, 0) is 34.6 Å².